The Kier molecular flexibility index (Phi) is 4.17. The molecule has 0 fully saturated rings. The largest absolute Gasteiger partial charge is 0.497 e. The number of hydrogen-bond donors (Lipinski definition) is 1. The number of imidazole rings is 1. The summed E-state index contributed by atoms with van der Waals surface area (Å²) in [6.45, 7) is 1.23. The SMILES string of the molecule is COc1ccc(Oc2cccc(-c3nc4cccc5c4n3CCNC5=O)c2)cc1. The molecule has 1 aliphatic heterocycles. The van der Waals surface area contributed by atoms with Crippen LogP contribution in [0.15, 0.2) is 66.7 Å². The molecule has 29 heavy (non-hydrogen) atoms. The standard InChI is InChI=1S/C23H19N3O3/c1-28-16-8-10-17(11-9-16)29-18-5-2-4-15(14-18)22-25-20-7-3-6-19-21(20)26(22)13-12-24-23(19)27/h2-11,14H,12-13H2,1H3,(H,24,27). The highest BCUT2D eigenvalue weighted by Crippen LogP contribution is 2.31. The number of aromatic nitrogens is 2. The average molecular weight is 385 g/mol. The molecule has 144 valence electrons. The van der Waals surface area contributed by atoms with Gasteiger partial charge in [-0.1, -0.05) is 18.2 Å². The zero-order valence-electron chi connectivity index (χ0n) is 15.9. The lowest BCUT2D eigenvalue weighted by Crippen LogP contribution is -2.24. The number of carbonyl (C=O) groups is 1. The van der Waals surface area contributed by atoms with Crippen LogP contribution >= 0.6 is 0 Å². The molecule has 1 amide bonds. The lowest BCUT2D eigenvalue weighted by atomic mass is 10.1. The van der Waals surface area contributed by atoms with Crippen molar-refractivity contribution in [3.05, 3.63) is 72.3 Å². The molecule has 0 bridgehead atoms. The lowest BCUT2D eigenvalue weighted by Gasteiger charge is -2.10. The Hall–Kier alpha value is -3.80. The van der Waals surface area contributed by atoms with Crippen molar-refractivity contribution >= 4 is 16.9 Å². The maximum absolute atomic E-state index is 12.4. The van der Waals surface area contributed by atoms with Crippen molar-refractivity contribution in [2.75, 3.05) is 13.7 Å². The number of hydrogen-bond acceptors (Lipinski definition) is 4. The van der Waals surface area contributed by atoms with Gasteiger partial charge < -0.3 is 19.4 Å². The fourth-order valence-electron chi connectivity index (χ4n) is 3.66. The minimum absolute atomic E-state index is 0.0580. The van der Waals surface area contributed by atoms with E-state index in [0.29, 0.717) is 18.7 Å². The van der Waals surface area contributed by atoms with Gasteiger partial charge in [0.25, 0.3) is 5.91 Å². The highest BCUT2D eigenvalue weighted by atomic mass is 16.5. The minimum Gasteiger partial charge on any atom is -0.497 e. The van der Waals surface area contributed by atoms with E-state index in [4.69, 9.17) is 14.5 Å². The molecule has 0 unspecified atom stereocenters. The third-order valence-corrected chi connectivity index (χ3v) is 5.02. The zero-order valence-corrected chi connectivity index (χ0v) is 15.9. The van der Waals surface area contributed by atoms with Crippen molar-refractivity contribution in [2.24, 2.45) is 0 Å². The van der Waals surface area contributed by atoms with Gasteiger partial charge in [-0.05, 0) is 48.5 Å². The number of ether oxygens (including phenoxy) is 2. The van der Waals surface area contributed by atoms with Gasteiger partial charge in [-0.25, -0.2) is 4.98 Å². The monoisotopic (exact) mass is 385 g/mol. The van der Waals surface area contributed by atoms with Gasteiger partial charge in [0.15, 0.2) is 0 Å². The summed E-state index contributed by atoms with van der Waals surface area (Å²) in [5.74, 6) is 2.99. The first kappa shape index (κ1) is 17.3. The third-order valence-electron chi connectivity index (χ3n) is 5.02. The van der Waals surface area contributed by atoms with Gasteiger partial charge in [-0.15, -0.1) is 0 Å². The Morgan fingerprint density at radius 2 is 1.76 bits per heavy atom. The van der Waals surface area contributed by atoms with Gasteiger partial charge in [0.2, 0.25) is 0 Å². The summed E-state index contributed by atoms with van der Waals surface area (Å²) in [5, 5.41) is 2.95. The van der Waals surface area contributed by atoms with Crippen molar-refractivity contribution < 1.29 is 14.3 Å². The number of benzene rings is 3. The van der Waals surface area contributed by atoms with Crippen LogP contribution in [0.4, 0.5) is 0 Å². The Balaban J connectivity index is 1.55. The van der Waals surface area contributed by atoms with Crippen LogP contribution in [-0.4, -0.2) is 29.1 Å². The number of nitrogens with zero attached hydrogens (tertiary/aromatic N) is 2. The van der Waals surface area contributed by atoms with Crippen LogP contribution in [0.25, 0.3) is 22.4 Å². The number of para-hydroxylation sites is 1. The van der Waals surface area contributed by atoms with E-state index >= 15 is 0 Å². The van der Waals surface area contributed by atoms with Crippen LogP contribution in [0.5, 0.6) is 17.2 Å². The van der Waals surface area contributed by atoms with Gasteiger partial charge in [-0.2, -0.15) is 0 Å². The van der Waals surface area contributed by atoms with Crippen LogP contribution in [0.1, 0.15) is 10.4 Å². The second kappa shape index (κ2) is 6.98. The molecule has 1 aliphatic rings. The summed E-state index contributed by atoms with van der Waals surface area (Å²) in [6.07, 6.45) is 0. The van der Waals surface area contributed by atoms with E-state index < -0.39 is 0 Å². The number of methoxy groups -OCH3 is 1. The summed E-state index contributed by atoms with van der Waals surface area (Å²) < 4.78 is 13.3. The van der Waals surface area contributed by atoms with Crippen molar-refractivity contribution in [2.45, 2.75) is 6.54 Å². The van der Waals surface area contributed by atoms with Crippen LogP contribution < -0.4 is 14.8 Å². The number of nitrogens with one attached hydrogen (secondary N) is 1. The normalized spacial score (nSPS) is 13.1. The van der Waals surface area contributed by atoms with E-state index in [0.717, 1.165) is 39.7 Å². The fourth-order valence-corrected chi connectivity index (χ4v) is 3.66. The van der Waals surface area contributed by atoms with Crippen molar-refractivity contribution in [3.63, 3.8) is 0 Å². The summed E-state index contributed by atoms with van der Waals surface area (Å²) in [4.78, 5) is 17.2. The third kappa shape index (κ3) is 3.08. The minimum atomic E-state index is -0.0580. The Labute approximate surface area is 167 Å². The molecule has 0 atom stereocenters. The van der Waals surface area contributed by atoms with Crippen LogP contribution in [0, 0.1) is 0 Å². The van der Waals surface area contributed by atoms with E-state index in [-0.39, 0.29) is 5.91 Å². The van der Waals surface area contributed by atoms with Crippen LogP contribution in [0.2, 0.25) is 0 Å². The maximum Gasteiger partial charge on any atom is 0.253 e. The first-order valence-corrected chi connectivity index (χ1v) is 9.43. The van der Waals surface area contributed by atoms with Crippen LogP contribution in [-0.2, 0) is 6.54 Å². The summed E-state index contributed by atoms with van der Waals surface area (Å²) in [5.41, 5.74) is 3.28. The smallest absolute Gasteiger partial charge is 0.253 e. The highest BCUT2D eigenvalue weighted by Gasteiger charge is 2.21. The van der Waals surface area contributed by atoms with Gasteiger partial charge in [0.05, 0.1) is 23.7 Å². The molecule has 4 aromatic rings. The lowest BCUT2D eigenvalue weighted by molar-refractivity contribution is 0.0956. The second-order valence-corrected chi connectivity index (χ2v) is 6.82. The molecule has 5 rings (SSSR count). The van der Waals surface area contributed by atoms with E-state index in [1.807, 2.05) is 66.7 Å². The molecule has 1 N–H and O–H groups in total. The predicted octanol–water partition coefficient (Wildman–Crippen LogP) is 4.25. The molecule has 0 aliphatic carbocycles. The number of rotatable bonds is 4. The molecule has 0 saturated carbocycles. The highest BCUT2D eigenvalue weighted by molar-refractivity contribution is 6.06. The molecule has 0 spiro atoms. The number of amides is 1. The summed E-state index contributed by atoms with van der Waals surface area (Å²) in [7, 11) is 1.64. The maximum atomic E-state index is 12.4. The quantitative estimate of drug-likeness (QED) is 0.570. The topological polar surface area (TPSA) is 65.4 Å². The van der Waals surface area contributed by atoms with Gasteiger partial charge in [0.1, 0.15) is 23.1 Å². The van der Waals surface area contributed by atoms with Gasteiger partial charge in [-0.3, -0.25) is 4.79 Å². The molecule has 6 nitrogen and oxygen atoms in total. The zero-order chi connectivity index (χ0) is 19.8. The molecule has 0 saturated heterocycles. The first-order valence-electron chi connectivity index (χ1n) is 9.43. The Bertz CT molecular complexity index is 1210. The van der Waals surface area contributed by atoms with E-state index in [9.17, 15) is 4.79 Å². The van der Waals surface area contributed by atoms with E-state index in [1.54, 1.807) is 7.11 Å². The first-order chi connectivity index (χ1) is 14.2. The molecular formula is C23H19N3O3. The molecule has 0 radical (unpaired) electrons. The second-order valence-electron chi connectivity index (χ2n) is 6.82. The van der Waals surface area contributed by atoms with Crippen molar-refractivity contribution in [1.82, 2.24) is 14.9 Å². The average Bonchev–Trinajstić information content (AvgIpc) is 3.04. The fraction of sp³-hybridized carbons (Fsp3) is 0.130. The molecule has 3 aromatic carbocycles. The predicted molar refractivity (Wildman–Crippen MR) is 111 cm³/mol. The molecule has 6 heteroatoms. The van der Waals surface area contributed by atoms with Crippen LogP contribution in [0.3, 0.4) is 0 Å². The summed E-state index contributed by atoms with van der Waals surface area (Å²) >= 11 is 0. The number of carbonyl (C=O) groups excluding carboxylic acids is 1. The molecule has 2 heterocycles. The molecule has 1 aromatic heterocycles. The van der Waals surface area contributed by atoms with E-state index in [1.165, 1.54) is 0 Å². The van der Waals surface area contributed by atoms with Crippen molar-refractivity contribution in [1.29, 1.82) is 0 Å². The van der Waals surface area contributed by atoms with E-state index in [2.05, 4.69) is 9.88 Å². The van der Waals surface area contributed by atoms with Gasteiger partial charge >= 0.3 is 0 Å². The Morgan fingerprint density at radius 1 is 0.966 bits per heavy atom. The molecular weight excluding hydrogens is 366 g/mol. The summed E-state index contributed by atoms with van der Waals surface area (Å²) in [6, 6.07) is 20.9. The van der Waals surface area contributed by atoms with Gasteiger partial charge in [0, 0.05) is 18.7 Å². The van der Waals surface area contributed by atoms with Crippen molar-refractivity contribution in [3.8, 4) is 28.6 Å². The Morgan fingerprint density at radius 3 is 2.59 bits per heavy atom.